The Kier molecular flexibility index (Phi) is 5.84. The van der Waals surface area contributed by atoms with Crippen molar-refractivity contribution < 1.29 is 14.7 Å². The number of carbonyl (C=O) groups excluding carboxylic acids is 1. The van der Waals surface area contributed by atoms with Crippen LogP contribution in [0.5, 0.6) is 0 Å². The molecular weight excluding hydrogens is 256 g/mol. The zero-order valence-electron chi connectivity index (χ0n) is 13.2. The minimum absolute atomic E-state index is 0.152. The van der Waals surface area contributed by atoms with Crippen LogP contribution in [0.15, 0.2) is 0 Å². The van der Waals surface area contributed by atoms with E-state index < -0.39 is 12.0 Å². The first-order valence-corrected chi connectivity index (χ1v) is 7.55. The fourth-order valence-corrected chi connectivity index (χ4v) is 2.98. The van der Waals surface area contributed by atoms with Gasteiger partial charge in [0.25, 0.3) is 0 Å². The summed E-state index contributed by atoms with van der Waals surface area (Å²) < 4.78 is 0. The number of aliphatic carboxylic acids is 1. The molecule has 2 amide bonds. The van der Waals surface area contributed by atoms with Gasteiger partial charge in [-0.3, -0.25) is 0 Å². The SMILES string of the molecule is CCCCCN(C)C(=O)N1CCCC(C)(C)C1C(=O)O. The third-order valence-corrected chi connectivity index (χ3v) is 4.18. The van der Waals surface area contributed by atoms with Gasteiger partial charge in [-0.05, 0) is 24.7 Å². The molecule has 0 aromatic heterocycles. The Labute approximate surface area is 121 Å². The van der Waals surface area contributed by atoms with Crippen LogP contribution in [0, 0.1) is 5.41 Å². The molecule has 1 rings (SSSR count). The van der Waals surface area contributed by atoms with E-state index in [0.717, 1.165) is 32.1 Å². The predicted molar refractivity (Wildman–Crippen MR) is 78.7 cm³/mol. The summed E-state index contributed by atoms with van der Waals surface area (Å²) in [6.07, 6.45) is 4.87. The number of nitrogens with zero attached hydrogens (tertiary/aromatic N) is 2. The van der Waals surface area contributed by atoms with Crippen LogP contribution >= 0.6 is 0 Å². The number of likely N-dealkylation sites (tertiary alicyclic amines) is 1. The van der Waals surface area contributed by atoms with Crippen molar-refractivity contribution in [2.45, 2.75) is 58.9 Å². The molecule has 0 aromatic carbocycles. The van der Waals surface area contributed by atoms with Crippen LogP contribution in [0.2, 0.25) is 0 Å². The van der Waals surface area contributed by atoms with Gasteiger partial charge in [0.2, 0.25) is 0 Å². The first-order valence-electron chi connectivity index (χ1n) is 7.55. The first kappa shape index (κ1) is 16.8. The summed E-state index contributed by atoms with van der Waals surface area (Å²) in [5.41, 5.74) is -0.371. The summed E-state index contributed by atoms with van der Waals surface area (Å²) in [6, 6.07) is -0.876. The van der Waals surface area contributed by atoms with Crippen molar-refractivity contribution in [1.82, 2.24) is 9.80 Å². The lowest BCUT2D eigenvalue weighted by Crippen LogP contribution is -2.58. The quantitative estimate of drug-likeness (QED) is 0.790. The molecule has 5 heteroatoms. The van der Waals surface area contributed by atoms with Crippen LogP contribution in [0.3, 0.4) is 0 Å². The van der Waals surface area contributed by atoms with Crippen molar-refractivity contribution >= 4 is 12.0 Å². The van der Waals surface area contributed by atoms with E-state index >= 15 is 0 Å². The Morgan fingerprint density at radius 1 is 1.35 bits per heavy atom. The van der Waals surface area contributed by atoms with E-state index in [9.17, 15) is 14.7 Å². The highest BCUT2D eigenvalue weighted by atomic mass is 16.4. The van der Waals surface area contributed by atoms with Crippen LogP contribution in [0.1, 0.15) is 52.9 Å². The number of piperidine rings is 1. The van der Waals surface area contributed by atoms with Gasteiger partial charge in [0.15, 0.2) is 0 Å². The summed E-state index contributed by atoms with van der Waals surface area (Å²) in [5.74, 6) is -0.898. The third-order valence-electron chi connectivity index (χ3n) is 4.18. The number of carboxylic acid groups (broad SMARTS) is 1. The van der Waals surface area contributed by atoms with Crippen molar-refractivity contribution in [1.29, 1.82) is 0 Å². The minimum Gasteiger partial charge on any atom is -0.480 e. The highest BCUT2D eigenvalue weighted by Gasteiger charge is 2.45. The summed E-state index contributed by atoms with van der Waals surface area (Å²) in [6.45, 7) is 7.22. The Balaban J connectivity index is 2.75. The fraction of sp³-hybridized carbons (Fsp3) is 0.867. The first-order chi connectivity index (χ1) is 9.31. The zero-order chi connectivity index (χ0) is 15.3. The summed E-state index contributed by atoms with van der Waals surface area (Å²) in [7, 11) is 1.76. The summed E-state index contributed by atoms with van der Waals surface area (Å²) in [4.78, 5) is 27.2. The summed E-state index contributed by atoms with van der Waals surface area (Å²) in [5, 5.41) is 9.48. The van der Waals surface area contributed by atoms with Crippen LogP contribution < -0.4 is 0 Å². The standard InChI is InChI=1S/C15H28N2O3/c1-5-6-7-10-16(4)14(20)17-11-8-9-15(2,3)12(17)13(18)19/h12H,5-11H2,1-4H3,(H,18,19). The molecule has 1 unspecified atom stereocenters. The molecule has 1 heterocycles. The Morgan fingerprint density at radius 2 is 2.00 bits per heavy atom. The molecule has 116 valence electrons. The number of carbonyl (C=O) groups is 2. The zero-order valence-corrected chi connectivity index (χ0v) is 13.2. The van der Waals surface area contributed by atoms with E-state index in [1.54, 1.807) is 11.9 Å². The molecule has 1 atom stereocenters. The van der Waals surface area contributed by atoms with Gasteiger partial charge in [-0.2, -0.15) is 0 Å². The van der Waals surface area contributed by atoms with E-state index in [1.165, 1.54) is 4.90 Å². The van der Waals surface area contributed by atoms with Crippen molar-refractivity contribution in [3.05, 3.63) is 0 Å². The second kappa shape index (κ2) is 6.95. The third kappa shape index (κ3) is 3.87. The van der Waals surface area contributed by atoms with Crippen molar-refractivity contribution in [2.24, 2.45) is 5.41 Å². The summed E-state index contributed by atoms with van der Waals surface area (Å²) >= 11 is 0. The number of amides is 2. The van der Waals surface area contributed by atoms with Gasteiger partial charge in [-0.1, -0.05) is 33.6 Å². The topological polar surface area (TPSA) is 60.9 Å². The highest BCUT2D eigenvalue weighted by Crippen LogP contribution is 2.35. The fourth-order valence-electron chi connectivity index (χ4n) is 2.98. The van der Waals surface area contributed by atoms with Crippen molar-refractivity contribution in [3.63, 3.8) is 0 Å². The highest BCUT2D eigenvalue weighted by molar-refractivity contribution is 5.83. The number of unbranched alkanes of at least 4 members (excludes halogenated alkanes) is 2. The van der Waals surface area contributed by atoms with E-state index in [-0.39, 0.29) is 11.4 Å². The predicted octanol–water partition coefficient (Wildman–Crippen LogP) is 2.80. The van der Waals surface area contributed by atoms with E-state index in [1.807, 2.05) is 13.8 Å². The van der Waals surface area contributed by atoms with Gasteiger partial charge < -0.3 is 14.9 Å². The van der Waals surface area contributed by atoms with Crippen molar-refractivity contribution in [2.75, 3.05) is 20.1 Å². The molecule has 0 radical (unpaired) electrons. The average molecular weight is 284 g/mol. The largest absolute Gasteiger partial charge is 0.480 e. The molecule has 20 heavy (non-hydrogen) atoms. The maximum absolute atomic E-state index is 12.5. The monoisotopic (exact) mass is 284 g/mol. The number of rotatable bonds is 5. The van der Waals surface area contributed by atoms with Gasteiger partial charge in [0.1, 0.15) is 6.04 Å². The van der Waals surface area contributed by atoms with Crippen molar-refractivity contribution in [3.8, 4) is 0 Å². The average Bonchev–Trinajstić information content (AvgIpc) is 2.36. The second-order valence-electron chi connectivity index (χ2n) is 6.44. The van der Waals surface area contributed by atoms with Crippen LogP contribution in [0.25, 0.3) is 0 Å². The molecule has 0 spiro atoms. The molecule has 0 saturated carbocycles. The number of urea groups is 1. The van der Waals surface area contributed by atoms with E-state index in [4.69, 9.17) is 0 Å². The Hall–Kier alpha value is -1.26. The van der Waals surface area contributed by atoms with Crippen LogP contribution in [-0.4, -0.2) is 53.1 Å². The lowest BCUT2D eigenvalue weighted by molar-refractivity contribution is -0.148. The van der Waals surface area contributed by atoms with E-state index in [2.05, 4.69) is 6.92 Å². The Bertz CT molecular complexity index is 355. The maximum Gasteiger partial charge on any atom is 0.327 e. The van der Waals surface area contributed by atoms with Crippen LogP contribution in [-0.2, 0) is 4.79 Å². The molecular formula is C15H28N2O3. The second-order valence-corrected chi connectivity index (χ2v) is 6.44. The normalized spacial score (nSPS) is 21.6. The lowest BCUT2D eigenvalue weighted by Gasteiger charge is -2.45. The molecule has 1 aliphatic rings. The van der Waals surface area contributed by atoms with Gasteiger partial charge in [-0.15, -0.1) is 0 Å². The van der Waals surface area contributed by atoms with Crippen LogP contribution in [0.4, 0.5) is 4.79 Å². The maximum atomic E-state index is 12.5. The molecule has 1 N–H and O–H groups in total. The molecule has 5 nitrogen and oxygen atoms in total. The molecule has 0 aromatic rings. The molecule has 1 aliphatic heterocycles. The molecule has 1 saturated heterocycles. The van der Waals surface area contributed by atoms with Gasteiger partial charge in [0, 0.05) is 20.1 Å². The molecule has 0 bridgehead atoms. The molecule has 0 aliphatic carbocycles. The number of carboxylic acids is 1. The minimum atomic E-state index is -0.898. The van der Waals surface area contributed by atoms with Gasteiger partial charge in [-0.25, -0.2) is 9.59 Å². The van der Waals surface area contributed by atoms with Gasteiger partial charge in [0.05, 0.1) is 0 Å². The lowest BCUT2D eigenvalue weighted by atomic mass is 9.76. The van der Waals surface area contributed by atoms with E-state index in [0.29, 0.717) is 13.1 Å². The Morgan fingerprint density at radius 3 is 2.55 bits per heavy atom. The number of hydrogen-bond acceptors (Lipinski definition) is 2. The number of hydrogen-bond donors (Lipinski definition) is 1. The van der Waals surface area contributed by atoms with Gasteiger partial charge >= 0.3 is 12.0 Å². The molecule has 1 fully saturated rings. The smallest absolute Gasteiger partial charge is 0.327 e.